The van der Waals surface area contributed by atoms with Gasteiger partial charge < -0.3 is 9.40 Å². The SMILES string of the molecule is Cc1coc(-c2c[nH]c3ccccc23)c1C#N. The highest BCUT2D eigenvalue weighted by Gasteiger charge is 2.15. The largest absolute Gasteiger partial charge is 0.463 e. The lowest BCUT2D eigenvalue weighted by Gasteiger charge is -1.95. The summed E-state index contributed by atoms with van der Waals surface area (Å²) < 4.78 is 5.50. The number of para-hydroxylation sites is 1. The first kappa shape index (κ1) is 9.73. The molecule has 0 spiro atoms. The maximum atomic E-state index is 9.14. The Bertz CT molecular complexity index is 728. The van der Waals surface area contributed by atoms with Gasteiger partial charge >= 0.3 is 0 Å². The predicted molar refractivity (Wildman–Crippen MR) is 65.5 cm³/mol. The number of nitrogens with one attached hydrogen (secondary N) is 1. The van der Waals surface area contributed by atoms with Crippen LogP contribution in [0.25, 0.3) is 22.2 Å². The molecule has 0 aliphatic carbocycles. The van der Waals surface area contributed by atoms with Gasteiger partial charge in [-0.15, -0.1) is 0 Å². The van der Waals surface area contributed by atoms with Crippen molar-refractivity contribution in [3.8, 4) is 17.4 Å². The van der Waals surface area contributed by atoms with Crippen LogP contribution in [-0.2, 0) is 0 Å². The predicted octanol–water partition coefficient (Wildman–Crippen LogP) is 3.61. The molecule has 0 aliphatic heterocycles. The summed E-state index contributed by atoms with van der Waals surface area (Å²) in [5.74, 6) is 0.641. The summed E-state index contributed by atoms with van der Waals surface area (Å²) in [5, 5.41) is 10.2. The molecule has 1 N–H and O–H groups in total. The Balaban J connectivity index is 2.32. The Hall–Kier alpha value is -2.47. The van der Waals surface area contributed by atoms with Crippen LogP contribution in [0.15, 0.2) is 41.1 Å². The van der Waals surface area contributed by atoms with Gasteiger partial charge in [0, 0.05) is 28.2 Å². The quantitative estimate of drug-likeness (QED) is 0.683. The number of nitriles is 1. The smallest absolute Gasteiger partial charge is 0.154 e. The van der Waals surface area contributed by atoms with Gasteiger partial charge in [-0.3, -0.25) is 0 Å². The van der Waals surface area contributed by atoms with E-state index in [1.807, 2.05) is 37.4 Å². The van der Waals surface area contributed by atoms with E-state index in [0.717, 1.165) is 22.0 Å². The van der Waals surface area contributed by atoms with Crippen LogP contribution in [-0.4, -0.2) is 4.98 Å². The van der Waals surface area contributed by atoms with Crippen LogP contribution in [0.5, 0.6) is 0 Å². The first-order valence-corrected chi connectivity index (χ1v) is 5.36. The normalized spacial score (nSPS) is 10.6. The van der Waals surface area contributed by atoms with E-state index < -0.39 is 0 Å². The molecule has 17 heavy (non-hydrogen) atoms. The van der Waals surface area contributed by atoms with Gasteiger partial charge in [0.15, 0.2) is 5.76 Å². The third-order valence-electron chi connectivity index (χ3n) is 2.92. The molecule has 0 saturated carbocycles. The molecule has 0 fully saturated rings. The van der Waals surface area contributed by atoms with Crippen LogP contribution in [0.3, 0.4) is 0 Å². The number of fused-ring (bicyclic) bond motifs is 1. The standard InChI is InChI=1S/C14H10N2O/c1-9-8-17-14(11(9)6-15)12-7-16-13-5-3-2-4-10(12)13/h2-5,7-8,16H,1H3. The summed E-state index contributed by atoms with van der Waals surface area (Å²) >= 11 is 0. The molecule has 0 amide bonds. The van der Waals surface area contributed by atoms with E-state index in [4.69, 9.17) is 9.68 Å². The van der Waals surface area contributed by atoms with Gasteiger partial charge in [0.1, 0.15) is 11.6 Å². The first-order chi connectivity index (χ1) is 8.31. The third-order valence-corrected chi connectivity index (χ3v) is 2.92. The minimum Gasteiger partial charge on any atom is -0.463 e. The zero-order valence-electron chi connectivity index (χ0n) is 9.32. The molecule has 0 radical (unpaired) electrons. The van der Waals surface area contributed by atoms with Crippen LogP contribution < -0.4 is 0 Å². The fourth-order valence-corrected chi connectivity index (χ4v) is 2.04. The van der Waals surface area contributed by atoms with Crippen LogP contribution >= 0.6 is 0 Å². The van der Waals surface area contributed by atoms with E-state index in [1.54, 1.807) is 6.26 Å². The number of aromatic amines is 1. The Labute approximate surface area is 98.3 Å². The maximum absolute atomic E-state index is 9.14. The number of H-pyrrole nitrogens is 1. The second kappa shape index (κ2) is 3.53. The van der Waals surface area contributed by atoms with Gasteiger partial charge in [-0.1, -0.05) is 18.2 Å². The van der Waals surface area contributed by atoms with Crippen molar-refractivity contribution in [1.82, 2.24) is 4.98 Å². The highest BCUT2D eigenvalue weighted by atomic mass is 16.3. The lowest BCUT2D eigenvalue weighted by atomic mass is 10.1. The van der Waals surface area contributed by atoms with Crippen LogP contribution in [0, 0.1) is 18.3 Å². The summed E-state index contributed by atoms with van der Waals surface area (Å²) in [6.07, 6.45) is 3.50. The summed E-state index contributed by atoms with van der Waals surface area (Å²) in [5.41, 5.74) is 3.45. The number of aryl methyl sites for hydroxylation is 1. The molecule has 3 rings (SSSR count). The van der Waals surface area contributed by atoms with E-state index in [9.17, 15) is 0 Å². The summed E-state index contributed by atoms with van der Waals surface area (Å²) in [6.45, 7) is 1.88. The maximum Gasteiger partial charge on any atom is 0.154 e. The van der Waals surface area contributed by atoms with E-state index >= 15 is 0 Å². The molecule has 2 heterocycles. The lowest BCUT2D eigenvalue weighted by molar-refractivity contribution is 0.580. The molecule has 2 aromatic heterocycles. The van der Waals surface area contributed by atoms with Crippen molar-refractivity contribution in [1.29, 1.82) is 5.26 Å². The number of nitrogens with zero attached hydrogens (tertiary/aromatic N) is 1. The topological polar surface area (TPSA) is 52.7 Å². The molecule has 0 bridgehead atoms. The Kier molecular flexibility index (Phi) is 2.02. The highest BCUT2D eigenvalue weighted by molar-refractivity contribution is 5.95. The number of rotatable bonds is 1. The van der Waals surface area contributed by atoms with Gasteiger partial charge in [-0.2, -0.15) is 5.26 Å². The number of aromatic nitrogens is 1. The van der Waals surface area contributed by atoms with Crippen LogP contribution in [0.2, 0.25) is 0 Å². The Morgan fingerprint density at radius 1 is 1.29 bits per heavy atom. The van der Waals surface area contributed by atoms with Crippen molar-refractivity contribution < 1.29 is 4.42 Å². The van der Waals surface area contributed by atoms with Gasteiger partial charge in [-0.05, 0) is 13.0 Å². The zero-order valence-corrected chi connectivity index (χ0v) is 9.32. The molecule has 82 valence electrons. The number of benzene rings is 1. The minimum absolute atomic E-state index is 0.606. The van der Waals surface area contributed by atoms with E-state index in [-0.39, 0.29) is 0 Å². The van der Waals surface area contributed by atoms with Crippen LogP contribution in [0.4, 0.5) is 0 Å². The minimum atomic E-state index is 0.606. The van der Waals surface area contributed by atoms with Crippen molar-refractivity contribution in [3.63, 3.8) is 0 Å². The van der Waals surface area contributed by atoms with Gasteiger partial charge in [0.25, 0.3) is 0 Å². The average molecular weight is 222 g/mol. The fraction of sp³-hybridized carbons (Fsp3) is 0.0714. The molecule has 3 aromatic rings. The molecule has 0 aliphatic rings. The molecule has 3 heteroatoms. The second-order valence-electron chi connectivity index (χ2n) is 3.98. The molecule has 0 saturated heterocycles. The molecule has 3 nitrogen and oxygen atoms in total. The average Bonchev–Trinajstić information content (AvgIpc) is 2.92. The van der Waals surface area contributed by atoms with Gasteiger partial charge in [0.05, 0.1) is 6.26 Å². The third kappa shape index (κ3) is 1.35. The van der Waals surface area contributed by atoms with Gasteiger partial charge in [-0.25, -0.2) is 0 Å². The monoisotopic (exact) mass is 222 g/mol. The molecular weight excluding hydrogens is 212 g/mol. The zero-order chi connectivity index (χ0) is 11.8. The molecule has 1 aromatic carbocycles. The molecule has 0 atom stereocenters. The van der Waals surface area contributed by atoms with E-state index in [1.165, 1.54) is 0 Å². The fourth-order valence-electron chi connectivity index (χ4n) is 2.04. The van der Waals surface area contributed by atoms with E-state index in [0.29, 0.717) is 11.3 Å². The summed E-state index contributed by atoms with van der Waals surface area (Å²) in [4.78, 5) is 3.18. The molecular formula is C14H10N2O. The summed E-state index contributed by atoms with van der Waals surface area (Å²) in [6, 6.07) is 10.2. The van der Waals surface area contributed by atoms with Crippen molar-refractivity contribution >= 4 is 10.9 Å². The number of hydrogen-bond acceptors (Lipinski definition) is 2. The van der Waals surface area contributed by atoms with Crippen molar-refractivity contribution in [3.05, 3.63) is 47.9 Å². The Morgan fingerprint density at radius 2 is 2.12 bits per heavy atom. The number of furan rings is 1. The van der Waals surface area contributed by atoms with Crippen LogP contribution in [0.1, 0.15) is 11.1 Å². The van der Waals surface area contributed by atoms with Crippen molar-refractivity contribution in [2.75, 3.05) is 0 Å². The van der Waals surface area contributed by atoms with E-state index in [2.05, 4.69) is 11.1 Å². The number of hydrogen-bond donors (Lipinski definition) is 1. The second-order valence-corrected chi connectivity index (χ2v) is 3.98. The van der Waals surface area contributed by atoms with Crippen molar-refractivity contribution in [2.24, 2.45) is 0 Å². The van der Waals surface area contributed by atoms with Gasteiger partial charge in [0.2, 0.25) is 0 Å². The van der Waals surface area contributed by atoms with Crippen molar-refractivity contribution in [2.45, 2.75) is 6.92 Å². The first-order valence-electron chi connectivity index (χ1n) is 5.36. The highest BCUT2D eigenvalue weighted by Crippen LogP contribution is 2.32. The lowest BCUT2D eigenvalue weighted by Crippen LogP contribution is -1.78. The Morgan fingerprint density at radius 3 is 2.94 bits per heavy atom. The molecule has 0 unspecified atom stereocenters. The summed E-state index contributed by atoms with van der Waals surface area (Å²) in [7, 11) is 0.